The topological polar surface area (TPSA) is 67.8 Å². The first-order valence-corrected chi connectivity index (χ1v) is 9.39. The van der Waals surface area contributed by atoms with E-state index in [2.05, 4.69) is 25.3 Å². The fraction of sp³-hybridized carbons (Fsp3) is 0.182. The Labute approximate surface area is 200 Å². The van der Waals surface area contributed by atoms with Crippen LogP contribution in [0.3, 0.4) is 0 Å². The van der Waals surface area contributed by atoms with E-state index >= 15 is 0 Å². The van der Waals surface area contributed by atoms with E-state index in [1.807, 2.05) is 6.07 Å². The molecule has 2 aromatic carbocycles. The third kappa shape index (κ3) is 7.91. The van der Waals surface area contributed by atoms with Crippen LogP contribution in [0.2, 0.25) is 0 Å². The summed E-state index contributed by atoms with van der Waals surface area (Å²) in [5.41, 5.74) is 1.43. The van der Waals surface area contributed by atoms with Gasteiger partial charge in [0.1, 0.15) is 17.3 Å². The Bertz CT molecular complexity index is 1020. The Morgan fingerprint density at radius 1 is 1.03 bits per heavy atom. The van der Waals surface area contributed by atoms with Crippen LogP contribution in [0.15, 0.2) is 71.9 Å². The maximum absolute atomic E-state index is 13.2. The van der Waals surface area contributed by atoms with Crippen LogP contribution in [0, 0.1) is 5.82 Å². The summed E-state index contributed by atoms with van der Waals surface area (Å²) < 4.78 is 48.3. The van der Waals surface area contributed by atoms with Gasteiger partial charge in [-0.25, -0.2) is 9.37 Å². The van der Waals surface area contributed by atoms with Gasteiger partial charge in [-0.3, -0.25) is 4.99 Å². The third-order valence-corrected chi connectivity index (χ3v) is 4.13. The minimum absolute atomic E-state index is 0. The van der Waals surface area contributed by atoms with Crippen molar-refractivity contribution in [3.8, 4) is 17.4 Å². The first kappa shape index (κ1) is 25.2. The number of nitrogens with one attached hydrogen (secondary N) is 2. The molecule has 170 valence electrons. The predicted molar refractivity (Wildman–Crippen MR) is 126 cm³/mol. The van der Waals surface area contributed by atoms with Gasteiger partial charge in [0.25, 0.3) is 0 Å². The largest absolute Gasteiger partial charge is 0.439 e. The molecule has 0 amide bonds. The van der Waals surface area contributed by atoms with Crippen molar-refractivity contribution in [3.05, 3.63) is 83.8 Å². The zero-order valence-electron chi connectivity index (χ0n) is 17.1. The van der Waals surface area contributed by atoms with Gasteiger partial charge in [0.15, 0.2) is 5.96 Å². The number of guanidine groups is 1. The molecular weight excluding hydrogens is 536 g/mol. The normalized spacial score (nSPS) is 11.0. The molecular formula is C22H22F3IN4O2. The highest BCUT2D eigenvalue weighted by Crippen LogP contribution is 2.21. The Morgan fingerprint density at radius 3 is 2.50 bits per heavy atom. The van der Waals surface area contributed by atoms with Gasteiger partial charge in [-0.15, -0.1) is 24.0 Å². The Morgan fingerprint density at radius 2 is 1.81 bits per heavy atom. The van der Waals surface area contributed by atoms with Crippen LogP contribution in [-0.2, 0) is 13.1 Å². The average Bonchev–Trinajstić information content (AvgIpc) is 2.75. The molecule has 10 heteroatoms. The number of rotatable bonds is 8. The van der Waals surface area contributed by atoms with Crippen molar-refractivity contribution >= 4 is 29.9 Å². The summed E-state index contributed by atoms with van der Waals surface area (Å²) in [6.07, 6.45) is 1.63. The highest BCUT2D eigenvalue weighted by molar-refractivity contribution is 14.0. The van der Waals surface area contributed by atoms with Crippen LogP contribution in [-0.4, -0.2) is 24.6 Å². The summed E-state index contributed by atoms with van der Waals surface area (Å²) in [5.74, 6) is 0.901. The van der Waals surface area contributed by atoms with Crippen molar-refractivity contribution in [1.29, 1.82) is 0 Å². The monoisotopic (exact) mass is 558 g/mol. The molecule has 1 heterocycles. The molecule has 0 atom stereocenters. The molecule has 32 heavy (non-hydrogen) atoms. The van der Waals surface area contributed by atoms with E-state index in [1.165, 1.54) is 18.2 Å². The Balaban J connectivity index is 0.00000363. The van der Waals surface area contributed by atoms with Crippen molar-refractivity contribution in [2.24, 2.45) is 4.99 Å². The van der Waals surface area contributed by atoms with Crippen LogP contribution >= 0.6 is 24.0 Å². The molecule has 0 aliphatic heterocycles. The fourth-order valence-electron chi connectivity index (χ4n) is 2.67. The lowest BCUT2D eigenvalue weighted by atomic mass is 10.2. The molecule has 0 spiro atoms. The number of ether oxygens (including phenoxy) is 2. The molecule has 3 rings (SSSR count). The van der Waals surface area contributed by atoms with Gasteiger partial charge in [-0.1, -0.05) is 30.3 Å². The zero-order chi connectivity index (χ0) is 22.1. The van der Waals surface area contributed by atoms with Crippen LogP contribution in [0.5, 0.6) is 17.4 Å². The smallest absolute Gasteiger partial charge is 0.387 e. The lowest BCUT2D eigenvalue weighted by Crippen LogP contribution is -2.36. The van der Waals surface area contributed by atoms with Crippen LogP contribution < -0.4 is 20.1 Å². The molecule has 0 saturated carbocycles. The first-order valence-electron chi connectivity index (χ1n) is 9.39. The summed E-state index contributed by atoms with van der Waals surface area (Å²) in [5, 5.41) is 6.16. The summed E-state index contributed by atoms with van der Waals surface area (Å²) in [6.45, 7) is -2.22. The van der Waals surface area contributed by atoms with E-state index in [1.54, 1.807) is 49.6 Å². The van der Waals surface area contributed by atoms with Gasteiger partial charge in [0, 0.05) is 44.0 Å². The van der Waals surface area contributed by atoms with Gasteiger partial charge in [0.2, 0.25) is 5.88 Å². The fourth-order valence-corrected chi connectivity index (χ4v) is 2.67. The van der Waals surface area contributed by atoms with Crippen molar-refractivity contribution in [1.82, 2.24) is 15.6 Å². The molecule has 0 radical (unpaired) electrons. The van der Waals surface area contributed by atoms with Gasteiger partial charge in [0.05, 0.1) is 0 Å². The molecule has 0 aliphatic carbocycles. The molecule has 0 saturated heterocycles. The van der Waals surface area contributed by atoms with Gasteiger partial charge >= 0.3 is 6.61 Å². The van der Waals surface area contributed by atoms with Crippen molar-refractivity contribution in [2.75, 3.05) is 7.05 Å². The van der Waals surface area contributed by atoms with Gasteiger partial charge < -0.3 is 20.1 Å². The number of nitrogens with zero attached hydrogens (tertiary/aromatic N) is 2. The van der Waals surface area contributed by atoms with Crippen molar-refractivity contribution in [3.63, 3.8) is 0 Å². The van der Waals surface area contributed by atoms with Crippen molar-refractivity contribution < 1.29 is 22.6 Å². The molecule has 0 aliphatic rings. The van der Waals surface area contributed by atoms with Gasteiger partial charge in [-0.2, -0.15) is 8.78 Å². The maximum atomic E-state index is 13.2. The molecule has 2 N–H and O–H groups in total. The van der Waals surface area contributed by atoms with Crippen LogP contribution in [0.1, 0.15) is 11.1 Å². The second-order valence-corrected chi connectivity index (χ2v) is 6.33. The average molecular weight is 558 g/mol. The molecule has 6 nitrogen and oxygen atoms in total. The second kappa shape index (κ2) is 12.7. The number of aliphatic imine (C=N–C) groups is 1. The highest BCUT2D eigenvalue weighted by atomic mass is 127. The van der Waals surface area contributed by atoms with E-state index in [9.17, 15) is 13.2 Å². The van der Waals surface area contributed by atoms with E-state index in [4.69, 9.17) is 4.74 Å². The van der Waals surface area contributed by atoms with E-state index in [0.29, 0.717) is 29.7 Å². The minimum Gasteiger partial charge on any atom is -0.439 e. The standard InChI is InChI=1S/C22H21F3N4O2.HI/c1-26-22(29-14-16-5-2-3-8-19(16)31-21(24)25)28-13-15-9-10-20(27-12-15)30-18-7-4-6-17(23)11-18;/h2-12,21H,13-14H2,1H3,(H2,26,28,29);1H. The molecule has 1 aromatic heterocycles. The number of pyridine rings is 1. The predicted octanol–water partition coefficient (Wildman–Crippen LogP) is 5.10. The number of halogens is 4. The molecule has 0 fully saturated rings. The molecule has 0 unspecified atom stereocenters. The number of benzene rings is 2. The van der Waals surface area contributed by atoms with E-state index in [-0.39, 0.29) is 42.1 Å². The minimum atomic E-state index is -2.89. The number of hydrogen-bond acceptors (Lipinski definition) is 4. The lowest BCUT2D eigenvalue weighted by molar-refractivity contribution is -0.0504. The summed E-state index contributed by atoms with van der Waals surface area (Å²) in [6, 6.07) is 15.8. The van der Waals surface area contributed by atoms with E-state index in [0.717, 1.165) is 5.56 Å². The highest BCUT2D eigenvalue weighted by Gasteiger charge is 2.09. The van der Waals surface area contributed by atoms with Crippen LogP contribution in [0.4, 0.5) is 13.2 Å². The summed E-state index contributed by atoms with van der Waals surface area (Å²) >= 11 is 0. The first-order chi connectivity index (χ1) is 15.0. The van der Waals surface area contributed by atoms with E-state index < -0.39 is 6.61 Å². The Kier molecular flexibility index (Phi) is 10.1. The Hall–Kier alpha value is -3.02. The lowest BCUT2D eigenvalue weighted by Gasteiger charge is -2.14. The van der Waals surface area contributed by atoms with Crippen molar-refractivity contribution in [2.45, 2.75) is 19.7 Å². The number of hydrogen-bond donors (Lipinski definition) is 2. The summed E-state index contributed by atoms with van der Waals surface area (Å²) in [7, 11) is 1.60. The van der Waals surface area contributed by atoms with Gasteiger partial charge in [-0.05, 0) is 23.8 Å². The maximum Gasteiger partial charge on any atom is 0.387 e. The second-order valence-electron chi connectivity index (χ2n) is 6.33. The number of alkyl halides is 2. The zero-order valence-corrected chi connectivity index (χ0v) is 19.4. The quantitative estimate of drug-likeness (QED) is 0.229. The number of aromatic nitrogens is 1. The third-order valence-electron chi connectivity index (χ3n) is 4.13. The molecule has 3 aromatic rings. The summed E-state index contributed by atoms with van der Waals surface area (Å²) in [4.78, 5) is 8.32. The van der Waals surface area contributed by atoms with Crippen LogP contribution in [0.25, 0.3) is 0 Å². The SMILES string of the molecule is CN=C(NCc1ccc(Oc2cccc(F)c2)nc1)NCc1ccccc1OC(F)F.I. The molecule has 0 bridgehead atoms. The number of para-hydroxylation sites is 1.